The highest BCUT2D eigenvalue weighted by molar-refractivity contribution is 7.99. The van der Waals surface area contributed by atoms with Crippen molar-refractivity contribution in [1.29, 1.82) is 0 Å². The van der Waals surface area contributed by atoms with Crippen LogP contribution in [-0.4, -0.2) is 30.6 Å². The maximum atomic E-state index is 12.8. The van der Waals surface area contributed by atoms with E-state index in [-0.39, 0.29) is 11.6 Å². The first-order valence-corrected chi connectivity index (χ1v) is 18.3. The van der Waals surface area contributed by atoms with Crippen LogP contribution in [0.15, 0.2) is 143 Å². The maximum Gasteiger partial charge on any atom is 0.336 e. The highest BCUT2D eigenvalue weighted by atomic mass is 32.2. The molecule has 9 rings (SSSR count). The van der Waals surface area contributed by atoms with Gasteiger partial charge in [-0.1, -0.05) is 91.7 Å². The molecule has 0 radical (unpaired) electrons. The van der Waals surface area contributed by atoms with Gasteiger partial charge in [-0.2, -0.15) is 0 Å². The van der Waals surface area contributed by atoms with Crippen LogP contribution in [-0.2, 0) is 0 Å². The van der Waals surface area contributed by atoms with Crippen molar-refractivity contribution in [1.82, 2.24) is 19.5 Å². The molecule has 0 spiro atoms. The number of benzene rings is 5. The van der Waals surface area contributed by atoms with Crippen LogP contribution in [0.3, 0.4) is 0 Å². The Labute approximate surface area is 299 Å². The summed E-state index contributed by atoms with van der Waals surface area (Å²) in [6.45, 7) is 0. The molecule has 8 aromatic rings. The summed E-state index contributed by atoms with van der Waals surface area (Å²) in [6.07, 6.45) is 7.42. The third-order valence-corrected chi connectivity index (χ3v) is 11.1. The molecule has 7 heteroatoms. The predicted molar refractivity (Wildman–Crippen MR) is 206 cm³/mol. The zero-order chi connectivity index (χ0) is 34.3. The number of carboxylic acids is 1. The second kappa shape index (κ2) is 13.2. The minimum Gasteiger partial charge on any atom is -0.478 e. The van der Waals surface area contributed by atoms with E-state index in [4.69, 9.17) is 9.97 Å². The zero-order valence-corrected chi connectivity index (χ0v) is 28.7. The van der Waals surface area contributed by atoms with E-state index in [1.807, 2.05) is 60.7 Å². The van der Waals surface area contributed by atoms with Gasteiger partial charge in [0, 0.05) is 49.5 Å². The Kier molecular flexibility index (Phi) is 8.05. The second-order valence-electron chi connectivity index (χ2n) is 13.2. The Hall–Kier alpha value is -5.79. The van der Waals surface area contributed by atoms with E-state index in [0.29, 0.717) is 11.1 Å². The van der Waals surface area contributed by atoms with Gasteiger partial charge in [-0.05, 0) is 85.1 Å². The van der Waals surface area contributed by atoms with E-state index in [2.05, 4.69) is 70.2 Å². The highest BCUT2D eigenvalue weighted by Gasteiger charge is 2.27. The molecular weight excluding hydrogens is 649 g/mol. The fourth-order valence-corrected chi connectivity index (χ4v) is 8.56. The molecule has 248 valence electrons. The van der Waals surface area contributed by atoms with E-state index in [1.165, 1.54) is 6.42 Å². The molecule has 1 saturated carbocycles. The number of rotatable bonds is 7. The molecule has 6 nitrogen and oxygen atoms in total. The number of fused-ring (bicyclic) bond motifs is 3. The minimum absolute atomic E-state index is 0.239. The molecule has 0 amide bonds. The first-order chi connectivity index (χ1) is 25.1. The first kappa shape index (κ1) is 31.2. The van der Waals surface area contributed by atoms with E-state index in [0.717, 1.165) is 91.0 Å². The van der Waals surface area contributed by atoms with Crippen molar-refractivity contribution >= 4 is 50.6 Å². The van der Waals surface area contributed by atoms with Gasteiger partial charge in [-0.25, -0.2) is 14.8 Å². The number of hydrogen-bond donors (Lipinski definition) is 1. The lowest BCUT2D eigenvalue weighted by atomic mass is 9.94. The van der Waals surface area contributed by atoms with Gasteiger partial charge in [-0.15, -0.1) is 0 Å². The molecule has 0 bridgehead atoms. The monoisotopic (exact) mass is 682 g/mol. The van der Waals surface area contributed by atoms with Crippen LogP contribution in [0.25, 0.3) is 66.6 Å². The van der Waals surface area contributed by atoms with Crippen molar-refractivity contribution in [2.45, 2.75) is 47.9 Å². The Morgan fingerprint density at radius 1 is 0.706 bits per heavy atom. The van der Waals surface area contributed by atoms with Crippen LogP contribution < -0.4 is 0 Å². The number of aromatic nitrogens is 4. The third kappa shape index (κ3) is 5.83. The number of aromatic carboxylic acids is 1. The Balaban J connectivity index is 1.28. The lowest BCUT2D eigenvalue weighted by Crippen LogP contribution is -2.14. The highest BCUT2D eigenvalue weighted by Crippen LogP contribution is 2.42. The fourth-order valence-electron chi connectivity index (χ4n) is 7.57. The Bertz CT molecular complexity index is 2580. The van der Waals surface area contributed by atoms with Gasteiger partial charge in [0.25, 0.3) is 0 Å². The van der Waals surface area contributed by atoms with Crippen LogP contribution in [0.5, 0.6) is 0 Å². The summed E-state index contributed by atoms with van der Waals surface area (Å²) in [7, 11) is 0. The Morgan fingerprint density at radius 3 is 2.27 bits per heavy atom. The number of carbonyl (C=O) groups is 1. The molecule has 1 aliphatic carbocycles. The van der Waals surface area contributed by atoms with Crippen LogP contribution >= 0.6 is 11.8 Å². The molecule has 0 saturated heterocycles. The normalized spacial score (nSPS) is 13.6. The summed E-state index contributed by atoms with van der Waals surface area (Å²) in [5.74, 6) is -0.117. The van der Waals surface area contributed by atoms with Crippen molar-refractivity contribution in [2.75, 3.05) is 0 Å². The Morgan fingerprint density at radius 2 is 1.47 bits per heavy atom. The third-order valence-electron chi connectivity index (χ3n) is 9.99. The van der Waals surface area contributed by atoms with Gasteiger partial charge in [0.15, 0.2) is 0 Å². The smallest absolute Gasteiger partial charge is 0.336 e. The van der Waals surface area contributed by atoms with Crippen LogP contribution in [0.4, 0.5) is 0 Å². The van der Waals surface area contributed by atoms with Gasteiger partial charge in [0.05, 0.1) is 33.3 Å². The number of nitrogens with zero attached hydrogens (tertiary/aromatic N) is 4. The molecule has 5 aromatic carbocycles. The summed E-state index contributed by atoms with van der Waals surface area (Å²) in [4.78, 5) is 30.1. The number of carboxylic acid groups (broad SMARTS) is 1. The average molecular weight is 683 g/mol. The fraction of sp³-hybridized carbons (Fsp3) is 0.136. The van der Waals surface area contributed by atoms with E-state index < -0.39 is 5.97 Å². The quantitative estimate of drug-likeness (QED) is 0.180. The van der Waals surface area contributed by atoms with Gasteiger partial charge < -0.3 is 9.67 Å². The molecular formula is C44H34N4O2S. The molecule has 0 unspecified atom stereocenters. The van der Waals surface area contributed by atoms with Crippen molar-refractivity contribution in [2.24, 2.45) is 0 Å². The summed E-state index contributed by atoms with van der Waals surface area (Å²) in [5.41, 5.74) is 8.12. The molecule has 0 atom stereocenters. The van der Waals surface area contributed by atoms with Crippen LogP contribution in [0, 0.1) is 0 Å². The number of pyridine rings is 2. The number of imidazole rings is 1. The van der Waals surface area contributed by atoms with Gasteiger partial charge in [0.1, 0.15) is 5.82 Å². The van der Waals surface area contributed by atoms with E-state index in [9.17, 15) is 9.90 Å². The summed E-state index contributed by atoms with van der Waals surface area (Å²) in [5, 5.41) is 12.5. The topological polar surface area (TPSA) is 80.9 Å². The van der Waals surface area contributed by atoms with Crippen molar-refractivity contribution in [3.63, 3.8) is 0 Å². The van der Waals surface area contributed by atoms with E-state index >= 15 is 0 Å². The second-order valence-corrected chi connectivity index (χ2v) is 14.3. The zero-order valence-electron chi connectivity index (χ0n) is 27.9. The first-order valence-electron chi connectivity index (χ1n) is 17.5. The van der Waals surface area contributed by atoms with Gasteiger partial charge in [0.2, 0.25) is 0 Å². The summed E-state index contributed by atoms with van der Waals surface area (Å²) < 4.78 is 2.39. The standard InChI is InChI=1S/C44H34N4O2S/c49-44(50)34-20-23-39-42(41(34)30-18-21-36-29(25-30)13-10-24-45-36)47-43(48(39)32-14-6-2-7-15-32)31-19-22-37-35(26-31)40(51-33-16-8-3-9-17-33)27-38(46-37)28-11-4-1-5-12-28/h1,3-5,8-13,16-27,32H,2,6-7,14-15H2,(H,49,50). The molecule has 51 heavy (non-hydrogen) atoms. The SMILES string of the molecule is O=C(O)c1ccc2c(nc(-c3ccc4nc(-c5ccccc5)cc(Sc5ccccc5)c4c3)n2C2CCCCC2)c1-c1ccc2ncccc2c1. The molecule has 0 aliphatic heterocycles. The molecule has 1 N–H and O–H groups in total. The predicted octanol–water partition coefficient (Wildman–Crippen LogP) is 11.5. The maximum absolute atomic E-state index is 12.8. The van der Waals surface area contributed by atoms with Crippen molar-refractivity contribution < 1.29 is 9.90 Å². The molecule has 1 aliphatic rings. The van der Waals surface area contributed by atoms with Crippen molar-refractivity contribution in [3.05, 3.63) is 139 Å². The van der Waals surface area contributed by atoms with E-state index in [1.54, 1.807) is 24.0 Å². The van der Waals surface area contributed by atoms with Crippen LogP contribution in [0.2, 0.25) is 0 Å². The summed E-state index contributed by atoms with van der Waals surface area (Å²) >= 11 is 1.74. The lowest BCUT2D eigenvalue weighted by Gasteiger charge is -2.26. The molecule has 3 aromatic heterocycles. The molecule has 1 fully saturated rings. The van der Waals surface area contributed by atoms with Crippen LogP contribution in [0.1, 0.15) is 48.5 Å². The number of hydrogen-bond acceptors (Lipinski definition) is 5. The van der Waals surface area contributed by atoms with Gasteiger partial charge in [-0.3, -0.25) is 4.98 Å². The average Bonchev–Trinajstić information content (AvgIpc) is 3.58. The lowest BCUT2D eigenvalue weighted by molar-refractivity contribution is 0.0698. The molecule has 3 heterocycles. The summed E-state index contributed by atoms with van der Waals surface area (Å²) in [6, 6.07) is 43.2. The van der Waals surface area contributed by atoms with Gasteiger partial charge >= 0.3 is 5.97 Å². The minimum atomic E-state index is -0.972. The largest absolute Gasteiger partial charge is 0.478 e. The van der Waals surface area contributed by atoms with Crippen molar-refractivity contribution in [3.8, 4) is 33.8 Å².